The Labute approximate surface area is 80.4 Å². The van der Waals surface area contributed by atoms with Crippen molar-refractivity contribution in [3.8, 4) is 0 Å². The second-order valence-electron chi connectivity index (χ2n) is 2.94. The average Bonchev–Trinajstić information content (AvgIpc) is 2.77. The van der Waals surface area contributed by atoms with Gasteiger partial charge in [-0.1, -0.05) is 0 Å². The lowest BCUT2D eigenvalue weighted by molar-refractivity contribution is 0.0996. The van der Waals surface area contributed by atoms with E-state index in [0.717, 1.165) is 0 Å². The molecule has 72 valence electrons. The van der Waals surface area contributed by atoms with E-state index in [9.17, 15) is 4.79 Å². The van der Waals surface area contributed by atoms with E-state index in [2.05, 4.69) is 10.2 Å². The molecule has 2 rings (SSSR count). The van der Waals surface area contributed by atoms with E-state index in [1.54, 1.807) is 30.7 Å². The van der Waals surface area contributed by atoms with E-state index >= 15 is 0 Å². The molecule has 0 N–H and O–H groups in total. The van der Waals surface area contributed by atoms with E-state index < -0.39 is 0 Å². The molecule has 0 spiro atoms. The highest BCUT2D eigenvalue weighted by atomic mass is 16.3. The van der Waals surface area contributed by atoms with Gasteiger partial charge in [-0.25, -0.2) is 0 Å². The minimum Gasteiger partial charge on any atom is -0.461 e. The Morgan fingerprint density at radius 1 is 1.50 bits per heavy atom. The fourth-order valence-corrected chi connectivity index (χ4v) is 1.12. The van der Waals surface area contributed by atoms with Crippen LogP contribution in [0.1, 0.15) is 22.2 Å². The number of carbonyl (C=O) groups excluding carboxylic acids is 1. The maximum Gasteiger partial charge on any atom is 0.265 e. The molecule has 0 atom stereocenters. The number of furan rings is 1. The maximum atomic E-state index is 11.7. The number of carbonyl (C=O) groups is 1. The first kappa shape index (κ1) is 8.68. The van der Waals surface area contributed by atoms with Gasteiger partial charge in [0.15, 0.2) is 5.76 Å². The second kappa shape index (κ2) is 3.10. The molecule has 0 aromatic carbocycles. The van der Waals surface area contributed by atoms with Gasteiger partial charge in [-0.2, -0.15) is 0 Å². The van der Waals surface area contributed by atoms with Crippen LogP contribution in [0.2, 0.25) is 0 Å². The molecular weight excluding hydrogens is 182 g/mol. The van der Waals surface area contributed by atoms with Crippen LogP contribution in [0.4, 0.5) is 0 Å². The predicted molar refractivity (Wildman–Crippen MR) is 47.9 cm³/mol. The molecule has 0 aliphatic carbocycles. The molecule has 2 aromatic heterocycles. The Hall–Kier alpha value is -1.91. The summed E-state index contributed by atoms with van der Waals surface area (Å²) in [5, 5.41) is 7.57. The third kappa shape index (κ3) is 1.22. The van der Waals surface area contributed by atoms with Crippen LogP contribution in [0.5, 0.6) is 0 Å². The van der Waals surface area contributed by atoms with Crippen molar-refractivity contribution in [3.05, 3.63) is 35.8 Å². The van der Waals surface area contributed by atoms with E-state index in [4.69, 9.17) is 4.42 Å². The number of nitrogens with zero attached hydrogens (tertiary/aromatic N) is 3. The van der Waals surface area contributed by atoms with Gasteiger partial charge in [-0.05, 0) is 19.1 Å². The summed E-state index contributed by atoms with van der Waals surface area (Å²) in [7, 11) is 1.74. The highest BCUT2D eigenvalue weighted by Crippen LogP contribution is 2.08. The van der Waals surface area contributed by atoms with Crippen molar-refractivity contribution in [1.29, 1.82) is 0 Å². The molecular formula is C9H9N3O2. The minimum absolute atomic E-state index is 0.252. The Morgan fingerprint density at radius 2 is 2.29 bits per heavy atom. The molecule has 2 aromatic rings. The second-order valence-corrected chi connectivity index (χ2v) is 2.94. The molecule has 14 heavy (non-hydrogen) atoms. The zero-order valence-electron chi connectivity index (χ0n) is 7.89. The normalized spacial score (nSPS) is 10.4. The Kier molecular flexibility index (Phi) is 1.92. The van der Waals surface area contributed by atoms with Crippen LogP contribution in [0, 0.1) is 6.92 Å². The van der Waals surface area contributed by atoms with E-state index in [-0.39, 0.29) is 17.4 Å². The predicted octanol–water partition coefficient (Wildman–Crippen LogP) is 0.948. The maximum absolute atomic E-state index is 11.7. The Bertz CT molecular complexity index is 456. The molecule has 0 saturated carbocycles. The van der Waals surface area contributed by atoms with Crippen LogP contribution in [-0.2, 0) is 7.05 Å². The van der Waals surface area contributed by atoms with Gasteiger partial charge in [0.25, 0.3) is 5.78 Å². The first-order valence-corrected chi connectivity index (χ1v) is 4.14. The molecule has 0 bridgehead atoms. The number of aromatic nitrogens is 3. The molecule has 0 radical (unpaired) electrons. The molecule has 0 aliphatic rings. The number of ketones is 1. The van der Waals surface area contributed by atoms with Crippen molar-refractivity contribution in [2.75, 3.05) is 0 Å². The molecule has 2 heterocycles. The standard InChI is InChI=1S/C9H9N3O2/c1-6-10-11-9(12(6)2)8(13)7-4-3-5-14-7/h3-5H,1-2H3. The average molecular weight is 191 g/mol. The van der Waals surface area contributed by atoms with Gasteiger partial charge in [-0.3, -0.25) is 4.79 Å². The van der Waals surface area contributed by atoms with Gasteiger partial charge >= 0.3 is 0 Å². The van der Waals surface area contributed by atoms with Crippen LogP contribution in [0.15, 0.2) is 22.8 Å². The first-order chi connectivity index (χ1) is 6.70. The van der Waals surface area contributed by atoms with Gasteiger partial charge in [0.2, 0.25) is 5.82 Å². The number of hydrogen-bond acceptors (Lipinski definition) is 4. The summed E-state index contributed by atoms with van der Waals surface area (Å²) in [6.45, 7) is 1.78. The zero-order valence-corrected chi connectivity index (χ0v) is 7.89. The molecule has 0 saturated heterocycles. The molecule has 5 heteroatoms. The van der Waals surface area contributed by atoms with Gasteiger partial charge in [0.05, 0.1) is 6.26 Å². The molecule has 0 amide bonds. The zero-order chi connectivity index (χ0) is 10.1. The smallest absolute Gasteiger partial charge is 0.265 e. The highest BCUT2D eigenvalue weighted by molar-refractivity contribution is 6.04. The molecule has 5 nitrogen and oxygen atoms in total. The molecule has 0 fully saturated rings. The summed E-state index contributed by atoms with van der Waals surface area (Å²) in [6, 6.07) is 3.27. The van der Waals surface area contributed by atoms with Crippen molar-refractivity contribution in [1.82, 2.24) is 14.8 Å². The third-order valence-electron chi connectivity index (χ3n) is 2.04. The van der Waals surface area contributed by atoms with Crippen LogP contribution < -0.4 is 0 Å². The van der Waals surface area contributed by atoms with Crippen LogP contribution >= 0.6 is 0 Å². The van der Waals surface area contributed by atoms with Crippen molar-refractivity contribution < 1.29 is 9.21 Å². The van der Waals surface area contributed by atoms with Crippen molar-refractivity contribution in [3.63, 3.8) is 0 Å². The summed E-state index contributed by atoms with van der Waals surface area (Å²) in [5.74, 6) is 1.01. The molecule has 0 unspecified atom stereocenters. The first-order valence-electron chi connectivity index (χ1n) is 4.14. The van der Waals surface area contributed by atoms with Gasteiger partial charge in [0.1, 0.15) is 5.82 Å². The van der Waals surface area contributed by atoms with Crippen molar-refractivity contribution in [2.45, 2.75) is 6.92 Å². The van der Waals surface area contributed by atoms with Crippen LogP contribution in [0.3, 0.4) is 0 Å². The lowest BCUT2D eigenvalue weighted by Gasteiger charge is -1.97. The van der Waals surface area contributed by atoms with Gasteiger partial charge < -0.3 is 8.98 Å². The summed E-state index contributed by atoms with van der Waals surface area (Å²) in [4.78, 5) is 11.7. The monoisotopic (exact) mass is 191 g/mol. The summed E-state index contributed by atoms with van der Waals surface area (Å²) in [6.07, 6.45) is 1.45. The van der Waals surface area contributed by atoms with E-state index in [0.29, 0.717) is 5.82 Å². The molecule has 0 aliphatic heterocycles. The number of hydrogen-bond donors (Lipinski definition) is 0. The Morgan fingerprint density at radius 3 is 2.79 bits per heavy atom. The lowest BCUT2D eigenvalue weighted by Crippen LogP contribution is -2.08. The summed E-state index contributed by atoms with van der Waals surface area (Å²) in [5.41, 5.74) is 0. The SMILES string of the molecule is Cc1nnc(C(=O)c2ccco2)n1C. The fourth-order valence-electron chi connectivity index (χ4n) is 1.12. The van der Waals surface area contributed by atoms with Crippen LogP contribution in [-0.4, -0.2) is 20.5 Å². The van der Waals surface area contributed by atoms with E-state index in [1.807, 2.05) is 0 Å². The highest BCUT2D eigenvalue weighted by Gasteiger charge is 2.18. The minimum atomic E-state index is -0.252. The topological polar surface area (TPSA) is 60.9 Å². The van der Waals surface area contributed by atoms with Crippen LogP contribution in [0.25, 0.3) is 0 Å². The van der Waals surface area contributed by atoms with Crippen molar-refractivity contribution in [2.24, 2.45) is 7.05 Å². The number of rotatable bonds is 2. The van der Waals surface area contributed by atoms with Gasteiger partial charge in [0, 0.05) is 7.05 Å². The summed E-state index contributed by atoms with van der Waals surface area (Å²) < 4.78 is 6.61. The lowest BCUT2D eigenvalue weighted by atomic mass is 10.3. The number of aryl methyl sites for hydroxylation is 1. The Balaban J connectivity index is 2.42. The largest absolute Gasteiger partial charge is 0.461 e. The third-order valence-corrected chi connectivity index (χ3v) is 2.04. The van der Waals surface area contributed by atoms with Crippen molar-refractivity contribution >= 4 is 5.78 Å². The quantitative estimate of drug-likeness (QED) is 0.663. The van der Waals surface area contributed by atoms with Gasteiger partial charge in [-0.15, -0.1) is 10.2 Å². The fraction of sp³-hybridized carbons (Fsp3) is 0.222. The van der Waals surface area contributed by atoms with E-state index in [1.165, 1.54) is 6.26 Å². The summed E-state index contributed by atoms with van der Waals surface area (Å²) >= 11 is 0.